The second-order valence-corrected chi connectivity index (χ2v) is 6.46. The predicted octanol–water partition coefficient (Wildman–Crippen LogP) is 5.71. The van der Waals surface area contributed by atoms with Crippen LogP contribution in [0.2, 0.25) is 5.15 Å². The summed E-state index contributed by atoms with van der Waals surface area (Å²) in [7, 11) is 0. The number of nitrogens with zero attached hydrogens (tertiary/aromatic N) is 3. The first-order chi connectivity index (χ1) is 12.7. The van der Waals surface area contributed by atoms with E-state index in [0.717, 1.165) is 16.9 Å². The largest absolute Gasteiger partial charge is 0.489 e. The maximum atomic E-state index is 13.5. The third kappa shape index (κ3) is 3.38. The summed E-state index contributed by atoms with van der Waals surface area (Å²) < 4.78 is 20.6. The maximum Gasteiger partial charge on any atom is 0.174 e. The average Bonchev–Trinajstić information content (AvgIpc) is 3.05. The molecule has 0 saturated carbocycles. The maximum absolute atomic E-state index is 13.5. The molecular formula is C19H13ClFN3OS. The van der Waals surface area contributed by atoms with Crippen molar-refractivity contribution in [3.8, 4) is 17.1 Å². The molecule has 0 fully saturated rings. The normalized spacial score (nSPS) is 11.0. The molecule has 0 N–H and O–H groups in total. The standard InChI is InChI=1S/C19H13ClFN3OS/c20-17-11-10-16-19(23-17)24(26-21)18(22-16)14-6-8-15(9-7-14)25-12-13-4-2-1-3-5-13/h1-11H,12H2. The van der Waals surface area contributed by atoms with Crippen LogP contribution in [-0.2, 0) is 6.61 Å². The van der Waals surface area contributed by atoms with Crippen molar-refractivity contribution in [2.75, 3.05) is 0 Å². The Hall–Kier alpha value is -2.57. The molecule has 2 heterocycles. The van der Waals surface area contributed by atoms with Crippen LogP contribution in [0.4, 0.5) is 3.89 Å². The number of hydrogen-bond acceptors (Lipinski definition) is 4. The van der Waals surface area contributed by atoms with Crippen molar-refractivity contribution in [2.24, 2.45) is 0 Å². The minimum atomic E-state index is 0.0486. The van der Waals surface area contributed by atoms with Crippen LogP contribution < -0.4 is 4.74 Å². The summed E-state index contributed by atoms with van der Waals surface area (Å²) in [5.41, 5.74) is 2.83. The smallest absolute Gasteiger partial charge is 0.174 e. The zero-order valence-electron chi connectivity index (χ0n) is 13.5. The second-order valence-electron chi connectivity index (χ2n) is 5.57. The minimum absolute atomic E-state index is 0.0486. The highest BCUT2D eigenvalue weighted by molar-refractivity contribution is 7.93. The molecule has 0 bridgehead atoms. The molecule has 7 heteroatoms. The van der Waals surface area contributed by atoms with Crippen molar-refractivity contribution in [3.05, 3.63) is 77.4 Å². The summed E-state index contributed by atoms with van der Waals surface area (Å²) in [6, 6.07) is 20.6. The van der Waals surface area contributed by atoms with Crippen molar-refractivity contribution in [1.82, 2.24) is 13.9 Å². The molecule has 26 heavy (non-hydrogen) atoms. The van der Waals surface area contributed by atoms with Gasteiger partial charge in [0.1, 0.15) is 23.0 Å². The van der Waals surface area contributed by atoms with E-state index in [1.165, 1.54) is 3.97 Å². The quantitative estimate of drug-likeness (QED) is 0.412. The minimum Gasteiger partial charge on any atom is -0.489 e. The summed E-state index contributed by atoms with van der Waals surface area (Å²) >= 11 is 5.96. The number of hydrogen-bond donors (Lipinski definition) is 0. The Bertz CT molecular complexity index is 1040. The van der Waals surface area contributed by atoms with Gasteiger partial charge >= 0.3 is 0 Å². The first-order valence-electron chi connectivity index (χ1n) is 7.86. The SMILES string of the molecule is FSn1c(-c2ccc(OCc3ccccc3)cc2)nc2ccc(Cl)nc21. The number of imidazole rings is 1. The van der Waals surface area contributed by atoms with E-state index in [9.17, 15) is 3.89 Å². The average molecular weight is 386 g/mol. The molecule has 0 atom stereocenters. The van der Waals surface area contributed by atoms with Gasteiger partial charge in [-0.2, -0.15) is 0 Å². The van der Waals surface area contributed by atoms with Gasteiger partial charge in [-0.15, -0.1) is 3.89 Å². The van der Waals surface area contributed by atoms with Crippen molar-refractivity contribution in [2.45, 2.75) is 6.61 Å². The van der Waals surface area contributed by atoms with Crippen LogP contribution in [0.1, 0.15) is 5.56 Å². The molecule has 0 amide bonds. The zero-order chi connectivity index (χ0) is 17.9. The molecule has 4 aromatic rings. The molecule has 4 nitrogen and oxygen atoms in total. The molecule has 0 spiro atoms. The Balaban J connectivity index is 1.59. The molecule has 0 aliphatic rings. The van der Waals surface area contributed by atoms with Gasteiger partial charge in [-0.1, -0.05) is 41.9 Å². The lowest BCUT2D eigenvalue weighted by Gasteiger charge is -2.07. The van der Waals surface area contributed by atoms with Crippen molar-refractivity contribution >= 4 is 35.1 Å². The molecule has 0 saturated heterocycles. The Morgan fingerprint density at radius 3 is 2.46 bits per heavy atom. The molecule has 0 radical (unpaired) electrons. The number of rotatable bonds is 5. The molecule has 2 aromatic heterocycles. The van der Waals surface area contributed by atoms with E-state index in [0.29, 0.717) is 28.7 Å². The van der Waals surface area contributed by atoms with Gasteiger partial charge in [-0.05, 0) is 42.0 Å². The lowest BCUT2D eigenvalue weighted by molar-refractivity contribution is 0.306. The highest BCUT2D eigenvalue weighted by Gasteiger charge is 2.15. The van der Waals surface area contributed by atoms with Crippen molar-refractivity contribution in [1.29, 1.82) is 0 Å². The van der Waals surface area contributed by atoms with E-state index in [4.69, 9.17) is 16.3 Å². The Labute approximate surface area is 159 Å². The number of aromatic nitrogens is 3. The molecule has 130 valence electrons. The Morgan fingerprint density at radius 2 is 1.73 bits per heavy atom. The monoisotopic (exact) mass is 385 g/mol. The molecule has 4 rings (SSSR count). The lowest BCUT2D eigenvalue weighted by Crippen LogP contribution is -1.95. The topological polar surface area (TPSA) is 39.9 Å². The number of ether oxygens (including phenoxy) is 1. The van der Waals surface area contributed by atoms with E-state index in [1.807, 2.05) is 54.6 Å². The number of pyridine rings is 1. The Kier molecular flexibility index (Phi) is 4.77. The van der Waals surface area contributed by atoms with Gasteiger partial charge in [-0.25, -0.2) is 13.9 Å². The third-order valence-corrected chi connectivity index (χ3v) is 4.56. The summed E-state index contributed by atoms with van der Waals surface area (Å²) in [6.45, 7) is 0.488. The molecule has 0 unspecified atom stereocenters. The fourth-order valence-corrected chi connectivity index (χ4v) is 3.16. The van der Waals surface area contributed by atoms with Crippen LogP contribution in [0.5, 0.6) is 5.75 Å². The van der Waals surface area contributed by atoms with Gasteiger partial charge in [0.15, 0.2) is 23.8 Å². The fraction of sp³-hybridized carbons (Fsp3) is 0.0526. The number of fused-ring (bicyclic) bond motifs is 1. The van der Waals surface area contributed by atoms with Gasteiger partial charge in [-0.3, -0.25) is 0 Å². The fourth-order valence-electron chi connectivity index (χ4n) is 2.60. The van der Waals surface area contributed by atoms with E-state index in [-0.39, 0.29) is 12.3 Å². The van der Waals surface area contributed by atoms with Gasteiger partial charge in [0.25, 0.3) is 0 Å². The van der Waals surface area contributed by atoms with Crippen molar-refractivity contribution < 1.29 is 8.62 Å². The van der Waals surface area contributed by atoms with E-state index >= 15 is 0 Å². The lowest BCUT2D eigenvalue weighted by atomic mass is 10.2. The highest BCUT2D eigenvalue weighted by atomic mass is 35.5. The zero-order valence-corrected chi connectivity index (χ0v) is 15.0. The first kappa shape index (κ1) is 16.9. The van der Waals surface area contributed by atoms with E-state index in [2.05, 4.69) is 9.97 Å². The number of halogens is 2. The summed E-state index contributed by atoms with van der Waals surface area (Å²) in [5.74, 6) is 1.20. The second kappa shape index (κ2) is 7.35. The van der Waals surface area contributed by atoms with Crippen LogP contribution in [0.3, 0.4) is 0 Å². The Morgan fingerprint density at radius 1 is 0.962 bits per heavy atom. The highest BCUT2D eigenvalue weighted by Crippen LogP contribution is 2.30. The van der Waals surface area contributed by atoms with Gasteiger partial charge in [0.2, 0.25) is 0 Å². The van der Waals surface area contributed by atoms with Crippen LogP contribution in [0.15, 0.2) is 66.7 Å². The molecule has 0 aliphatic heterocycles. The van der Waals surface area contributed by atoms with Gasteiger partial charge < -0.3 is 4.74 Å². The summed E-state index contributed by atoms with van der Waals surface area (Å²) in [6.07, 6.45) is 0. The van der Waals surface area contributed by atoms with Crippen LogP contribution in [0.25, 0.3) is 22.6 Å². The first-order valence-corrected chi connectivity index (χ1v) is 8.91. The third-order valence-electron chi connectivity index (χ3n) is 3.86. The molecule has 0 aliphatic carbocycles. The predicted molar refractivity (Wildman–Crippen MR) is 103 cm³/mol. The van der Waals surface area contributed by atoms with Gasteiger partial charge in [0, 0.05) is 5.56 Å². The summed E-state index contributed by atoms with van der Waals surface area (Å²) in [4.78, 5) is 8.61. The van der Waals surface area contributed by atoms with Crippen molar-refractivity contribution in [3.63, 3.8) is 0 Å². The summed E-state index contributed by atoms with van der Waals surface area (Å²) in [5, 5.41) is 0.295. The van der Waals surface area contributed by atoms with Gasteiger partial charge in [0.05, 0.1) is 0 Å². The molecule has 2 aromatic carbocycles. The van der Waals surface area contributed by atoms with Crippen LogP contribution in [0, 0.1) is 0 Å². The van der Waals surface area contributed by atoms with Crippen LogP contribution in [-0.4, -0.2) is 13.9 Å². The number of benzene rings is 2. The molecular weight excluding hydrogens is 373 g/mol. The van der Waals surface area contributed by atoms with Crippen LogP contribution >= 0.6 is 23.9 Å². The van der Waals surface area contributed by atoms with E-state index < -0.39 is 0 Å². The van der Waals surface area contributed by atoms with E-state index in [1.54, 1.807) is 12.1 Å².